The van der Waals surface area contributed by atoms with Crippen LogP contribution in [0.15, 0.2) is 18.2 Å². The van der Waals surface area contributed by atoms with E-state index in [1.165, 1.54) is 0 Å². The highest BCUT2D eigenvalue weighted by atomic mass is 19.3. The highest BCUT2D eigenvalue weighted by Crippen LogP contribution is 2.29. The number of benzene rings is 1. The van der Waals surface area contributed by atoms with Gasteiger partial charge in [-0.15, -0.1) is 0 Å². The number of hydrogen-bond donors (Lipinski definition) is 1. The Morgan fingerprint density at radius 3 is 2.37 bits per heavy atom. The molecule has 0 bridgehead atoms. The van der Waals surface area contributed by atoms with Gasteiger partial charge in [0.25, 0.3) is 0 Å². The molecule has 108 valence electrons. The molecule has 0 saturated heterocycles. The molecule has 0 atom stereocenters. The highest BCUT2D eigenvalue weighted by Gasteiger charge is 2.17. The van der Waals surface area contributed by atoms with Crippen LogP contribution >= 0.6 is 0 Å². The molecule has 2 nitrogen and oxygen atoms in total. The lowest BCUT2D eigenvalue weighted by molar-refractivity contribution is -0.0499. The van der Waals surface area contributed by atoms with E-state index in [4.69, 9.17) is 5.73 Å². The first-order valence-corrected chi connectivity index (χ1v) is 6.62. The number of halogens is 2. The van der Waals surface area contributed by atoms with Gasteiger partial charge in [-0.1, -0.05) is 26.8 Å². The van der Waals surface area contributed by atoms with Gasteiger partial charge in [0, 0.05) is 0 Å². The summed E-state index contributed by atoms with van der Waals surface area (Å²) in [6.07, 6.45) is 2.73. The van der Waals surface area contributed by atoms with E-state index in [1.54, 1.807) is 12.1 Å². The van der Waals surface area contributed by atoms with Crippen molar-refractivity contribution in [1.82, 2.24) is 0 Å². The van der Waals surface area contributed by atoms with Gasteiger partial charge in [-0.05, 0) is 54.5 Å². The lowest BCUT2D eigenvalue weighted by Crippen LogP contribution is -2.13. The number of rotatable bonds is 6. The molecule has 0 radical (unpaired) electrons. The summed E-state index contributed by atoms with van der Waals surface area (Å²) in [5.41, 5.74) is 7.40. The van der Waals surface area contributed by atoms with Crippen LogP contribution in [0.25, 0.3) is 0 Å². The molecule has 0 amide bonds. The Balaban J connectivity index is 2.95. The van der Waals surface area contributed by atoms with Crippen molar-refractivity contribution >= 4 is 0 Å². The fraction of sp³-hybridized carbons (Fsp3) is 0.600. The van der Waals surface area contributed by atoms with E-state index in [9.17, 15) is 8.78 Å². The van der Waals surface area contributed by atoms with Crippen LogP contribution in [-0.4, -0.2) is 13.2 Å². The SMILES string of the molecule is CC(C)(C)c1cc(CCCCN)cc(OC(F)F)c1. The largest absolute Gasteiger partial charge is 0.435 e. The highest BCUT2D eigenvalue weighted by molar-refractivity contribution is 5.38. The molecule has 4 heteroatoms. The van der Waals surface area contributed by atoms with Crippen LogP contribution < -0.4 is 10.5 Å². The molecule has 1 rings (SSSR count). The average Bonchev–Trinajstić information content (AvgIpc) is 2.27. The van der Waals surface area contributed by atoms with E-state index < -0.39 is 6.61 Å². The average molecular weight is 271 g/mol. The number of ether oxygens (including phenoxy) is 1. The standard InChI is InChI=1S/C15H23F2NO/c1-15(2,3)12-8-11(6-4-5-7-18)9-13(10-12)19-14(16)17/h8-10,14H,4-7,18H2,1-3H3. The Morgan fingerprint density at radius 2 is 1.84 bits per heavy atom. The Bertz CT molecular complexity index is 400. The molecule has 0 aliphatic carbocycles. The number of unbranched alkanes of at least 4 members (excludes halogenated alkanes) is 1. The fourth-order valence-corrected chi connectivity index (χ4v) is 1.88. The van der Waals surface area contributed by atoms with Crippen molar-refractivity contribution in [2.24, 2.45) is 5.73 Å². The maximum Gasteiger partial charge on any atom is 0.387 e. The van der Waals surface area contributed by atoms with Crippen LogP contribution in [0.4, 0.5) is 8.78 Å². The lowest BCUT2D eigenvalue weighted by Gasteiger charge is -2.21. The topological polar surface area (TPSA) is 35.2 Å². The fourth-order valence-electron chi connectivity index (χ4n) is 1.88. The molecule has 0 aliphatic heterocycles. The van der Waals surface area contributed by atoms with Gasteiger partial charge in [0.1, 0.15) is 5.75 Å². The third kappa shape index (κ3) is 5.55. The van der Waals surface area contributed by atoms with E-state index in [2.05, 4.69) is 31.6 Å². The van der Waals surface area contributed by atoms with Crippen LogP contribution in [0.3, 0.4) is 0 Å². The summed E-state index contributed by atoms with van der Waals surface area (Å²) in [6.45, 7) is 4.03. The zero-order chi connectivity index (χ0) is 14.5. The summed E-state index contributed by atoms with van der Waals surface area (Å²) in [5.74, 6) is 0.241. The first-order valence-electron chi connectivity index (χ1n) is 6.62. The third-order valence-electron chi connectivity index (χ3n) is 2.98. The Hall–Kier alpha value is -1.16. The second-order valence-corrected chi connectivity index (χ2v) is 5.74. The van der Waals surface area contributed by atoms with Crippen LogP contribution in [0.2, 0.25) is 0 Å². The van der Waals surface area contributed by atoms with Crippen molar-refractivity contribution in [1.29, 1.82) is 0 Å². The molecule has 0 heterocycles. The normalized spacial score (nSPS) is 11.9. The van der Waals surface area contributed by atoms with Gasteiger partial charge in [0.05, 0.1) is 0 Å². The predicted octanol–water partition coefficient (Wildman–Crippen LogP) is 3.87. The van der Waals surface area contributed by atoms with E-state index in [0.29, 0.717) is 6.54 Å². The van der Waals surface area contributed by atoms with Gasteiger partial charge in [-0.25, -0.2) is 0 Å². The summed E-state index contributed by atoms with van der Waals surface area (Å²) in [5, 5.41) is 0. The lowest BCUT2D eigenvalue weighted by atomic mass is 9.85. The Morgan fingerprint density at radius 1 is 1.16 bits per heavy atom. The van der Waals surface area contributed by atoms with Crippen molar-refractivity contribution in [2.75, 3.05) is 6.54 Å². The van der Waals surface area contributed by atoms with E-state index in [-0.39, 0.29) is 11.2 Å². The Labute approximate surface area is 114 Å². The van der Waals surface area contributed by atoms with Crippen molar-refractivity contribution < 1.29 is 13.5 Å². The molecular formula is C15H23F2NO. The molecule has 0 fully saturated rings. The monoisotopic (exact) mass is 271 g/mol. The summed E-state index contributed by atoms with van der Waals surface area (Å²) in [6, 6.07) is 5.45. The van der Waals surface area contributed by atoms with Crippen LogP contribution in [-0.2, 0) is 11.8 Å². The molecule has 0 unspecified atom stereocenters. The van der Waals surface area contributed by atoms with Crippen molar-refractivity contribution in [2.45, 2.75) is 52.1 Å². The maximum absolute atomic E-state index is 12.3. The molecule has 0 spiro atoms. The number of aryl methyl sites for hydroxylation is 1. The van der Waals surface area contributed by atoms with Crippen LogP contribution in [0.5, 0.6) is 5.75 Å². The molecule has 1 aromatic rings. The zero-order valence-corrected chi connectivity index (χ0v) is 11.9. The van der Waals surface area contributed by atoms with E-state index >= 15 is 0 Å². The van der Waals surface area contributed by atoms with Gasteiger partial charge in [0.2, 0.25) is 0 Å². The van der Waals surface area contributed by atoms with Gasteiger partial charge in [0.15, 0.2) is 0 Å². The summed E-state index contributed by atoms with van der Waals surface area (Å²) >= 11 is 0. The molecule has 2 N–H and O–H groups in total. The van der Waals surface area contributed by atoms with E-state index in [1.807, 2.05) is 0 Å². The number of hydrogen-bond acceptors (Lipinski definition) is 2. The molecule has 0 saturated carbocycles. The molecule has 0 aromatic heterocycles. The van der Waals surface area contributed by atoms with Gasteiger partial charge in [-0.3, -0.25) is 0 Å². The molecule has 1 aromatic carbocycles. The molecular weight excluding hydrogens is 248 g/mol. The predicted molar refractivity (Wildman–Crippen MR) is 73.8 cm³/mol. The van der Waals surface area contributed by atoms with E-state index in [0.717, 1.165) is 30.4 Å². The summed E-state index contributed by atoms with van der Waals surface area (Å²) in [7, 11) is 0. The summed E-state index contributed by atoms with van der Waals surface area (Å²) < 4.78 is 29.2. The second kappa shape index (κ2) is 6.85. The third-order valence-corrected chi connectivity index (χ3v) is 2.98. The smallest absolute Gasteiger partial charge is 0.387 e. The maximum atomic E-state index is 12.3. The van der Waals surface area contributed by atoms with Crippen molar-refractivity contribution in [3.63, 3.8) is 0 Å². The van der Waals surface area contributed by atoms with Crippen LogP contribution in [0, 0.1) is 0 Å². The second-order valence-electron chi connectivity index (χ2n) is 5.74. The van der Waals surface area contributed by atoms with Crippen molar-refractivity contribution in [3.8, 4) is 5.75 Å². The molecule has 19 heavy (non-hydrogen) atoms. The first-order chi connectivity index (χ1) is 8.82. The minimum Gasteiger partial charge on any atom is -0.435 e. The number of alkyl halides is 2. The zero-order valence-electron chi connectivity index (χ0n) is 11.9. The Kier molecular flexibility index (Phi) is 5.73. The minimum atomic E-state index is -2.79. The van der Waals surface area contributed by atoms with Gasteiger partial charge < -0.3 is 10.5 Å². The number of nitrogens with two attached hydrogens (primary N) is 1. The molecule has 0 aliphatic rings. The van der Waals surface area contributed by atoms with Crippen LogP contribution in [0.1, 0.15) is 44.7 Å². The van der Waals surface area contributed by atoms with Gasteiger partial charge in [-0.2, -0.15) is 8.78 Å². The quantitative estimate of drug-likeness (QED) is 0.797. The summed E-state index contributed by atoms with van der Waals surface area (Å²) in [4.78, 5) is 0. The first kappa shape index (κ1) is 15.9. The van der Waals surface area contributed by atoms with Crippen molar-refractivity contribution in [3.05, 3.63) is 29.3 Å². The van der Waals surface area contributed by atoms with Gasteiger partial charge >= 0.3 is 6.61 Å². The minimum absolute atomic E-state index is 0.0931.